The molecule has 3 fully saturated rings. The van der Waals surface area contributed by atoms with Crippen LogP contribution < -0.4 is 15.4 Å². The highest BCUT2D eigenvalue weighted by atomic mass is 32.1. The Balaban J connectivity index is 0.967. The highest BCUT2D eigenvalue weighted by Crippen LogP contribution is 2.49. The van der Waals surface area contributed by atoms with Gasteiger partial charge in [0.2, 0.25) is 18.0 Å². The van der Waals surface area contributed by atoms with Gasteiger partial charge in [0.15, 0.2) is 0 Å². The fraction of sp³-hybridized carbons (Fsp3) is 0.509. The number of hydrogen-bond donors (Lipinski definition) is 4. The number of nitrogens with zero attached hydrogens (tertiary/aromatic N) is 5. The molecule has 0 aliphatic carbocycles. The summed E-state index contributed by atoms with van der Waals surface area (Å²) in [5.74, 6) is 0.917. The minimum atomic E-state index is -0.775. The van der Waals surface area contributed by atoms with Gasteiger partial charge in [0.05, 0.1) is 83.9 Å². The standard InChI is InChI=1S/C57H70FN9O8S/c1-9-13-33(10-2)46-18-19-47(76-46)55-67-41-17-16-34(39-28-59-51(61-39)43-15-12-21-66(43)54(69)50(64-57(71)73-8)37-22-31(5)74-32(6)23-37)24-36(41)26-44(67)48-38(58)25-35(27-45(48)75-55)40-29-60-52(62-40)42-14-11-20-65(42)53(68)49(30(3)4)63-56(70)72-7/h16-19,24-33,37,42-43,49-50,55H,9-15,20-23H2,1-8H3,(H,59,61)(H,60,62)(H,63,70)(H,64,71)/t31?,32?,33?,37?,42-,43?,49-,50?,55?/m0/s1. The molecule has 0 spiro atoms. The van der Waals surface area contributed by atoms with Gasteiger partial charge in [-0.3, -0.25) is 14.2 Å². The summed E-state index contributed by atoms with van der Waals surface area (Å²) in [6.45, 7) is 13.2. The zero-order chi connectivity index (χ0) is 53.5. The van der Waals surface area contributed by atoms with E-state index in [4.69, 9.17) is 28.9 Å². The van der Waals surface area contributed by atoms with Gasteiger partial charge in [-0.25, -0.2) is 23.9 Å². The van der Waals surface area contributed by atoms with Crippen LogP contribution in [0.1, 0.15) is 145 Å². The third-order valence-electron chi connectivity index (χ3n) is 15.9. The van der Waals surface area contributed by atoms with Crippen LogP contribution in [0.3, 0.4) is 0 Å². The van der Waals surface area contributed by atoms with Gasteiger partial charge in [-0.05, 0) is 125 Å². The number of nitrogens with one attached hydrogen (secondary N) is 4. The molecule has 4 aromatic heterocycles. The summed E-state index contributed by atoms with van der Waals surface area (Å²) in [7, 11) is 2.58. The van der Waals surface area contributed by atoms with E-state index in [1.807, 2.05) is 56.9 Å². The quantitative estimate of drug-likeness (QED) is 0.0768. The fourth-order valence-electron chi connectivity index (χ4n) is 12.2. The highest BCUT2D eigenvalue weighted by Gasteiger charge is 2.43. The van der Waals surface area contributed by atoms with Gasteiger partial charge in [0.25, 0.3) is 0 Å². The number of hydrogen-bond acceptors (Lipinski definition) is 11. The predicted octanol–water partition coefficient (Wildman–Crippen LogP) is 11.2. The summed E-state index contributed by atoms with van der Waals surface area (Å²) in [4.78, 5) is 75.6. The van der Waals surface area contributed by atoms with Gasteiger partial charge in [0.1, 0.15) is 35.3 Å². The number of imidazole rings is 2. The SMILES string of the molecule is CCCC(CC)c1ccc(C2Oc3cc(-c4cnc([C@@H]5CCCN5C(=O)[C@@H](NC(=O)OC)C(C)C)[nH]4)cc(F)c3-c3cc4cc(-c5cnc(C6CCCN6C(=O)C(NC(=O)OC)C6CC(C)OC(C)C6)[nH]5)ccc4n32)s1. The lowest BCUT2D eigenvalue weighted by Crippen LogP contribution is -2.54. The van der Waals surface area contributed by atoms with Gasteiger partial charge in [-0.1, -0.05) is 40.2 Å². The number of aromatic amines is 2. The average molecular weight is 1060 g/mol. The van der Waals surface area contributed by atoms with E-state index in [1.54, 1.807) is 28.6 Å². The first-order valence-corrected chi connectivity index (χ1v) is 27.8. The molecular formula is C57H70FN9O8S. The van der Waals surface area contributed by atoms with Crippen LogP contribution >= 0.6 is 11.3 Å². The molecule has 8 heterocycles. The molecule has 4 aliphatic rings. The number of aromatic nitrogens is 5. The number of ether oxygens (including phenoxy) is 4. The number of halogens is 1. The third-order valence-corrected chi connectivity index (χ3v) is 17.2. The summed E-state index contributed by atoms with van der Waals surface area (Å²) < 4.78 is 42.0. The number of methoxy groups -OCH3 is 2. The van der Waals surface area contributed by atoms with Crippen LogP contribution in [0.2, 0.25) is 0 Å². The summed E-state index contributed by atoms with van der Waals surface area (Å²) in [5, 5.41) is 6.45. The van der Waals surface area contributed by atoms with Crippen molar-refractivity contribution in [1.29, 1.82) is 0 Å². The van der Waals surface area contributed by atoms with E-state index >= 15 is 4.39 Å². The molecule has 4 amide bonds. The van der Waals surface area contributed by atoms with Crippen molar-refractivity contribution >= 4 is 46.2 Å². The Labute approximate surface area is 446 Å². The van der Waals surface area contributed by atoms with Crippen LogP contribution in [-0.2, 0) is 23.8 Å². The number of amides is 4. The number of benzene rings is 2. The molecule has 10 rings (SSSR count). The Morgan fingerprint density at radius 1 is 0.829 bits per heavy atom. The second-order valence-electron chi connectivity index (χ2n) is 21.3. The molecule has 19 heteroatoms. The van der Waals surface area contributed by atoms with Gasteiger partial charge < -0.3 is 49.3 Å². The molecule has 6 unspecified atom stereocenters. The van der Waals surface area contributed by atoms with Gasteiger partial charge in [0, 0.05) is 34.5 Å². The van der Waals surface area contributed by atoms with Crippen LogP contribution in [0.25, 0.3) is 44.7 Å². The van der Waals surface area contributed by atoms with E-state index in [0.29, 0.717) is 84.6 Å². The zero-order valence-corrected chi connectivity index (χ0v) is 45.4. The van der Waals surface area contributed by atoms with Crippen molar-refractivity contribution in [3.63, 3.8) is 0 Å². The maximum atomic E-state index is 17.1. The minimum absolute atomic E-state index is 0.0523. The normalized spacial score (nSPS) is 22.4. The monoisotopic (exact) mass is 1060 g/mol. The van der Waals surface area contributed by atoms with Crippen LogP contribution in [-0.4, -0.2) is 110 Å². The Morgan fingerprint density at radius 3 is 2.11 bits per heavy atom. The number of likely N-dealkylation sites (tertiary alicyclic amines) is 2. The lowest BCUT2D eigenvalue weighted by atomic mass is 9.85. The van der Waals surface area contributed by atoms with Crippen molar-refractivity contribution in [3.8, 4) is 39.5 Å². The third kappa shape index (κ3) is 10.2. The Morgan fingerprint density at radius 2 is 1.47 bits per heavy atom. The maximum absolute atomic E-state index is 17.1. The summed E-state index contributed by atoms with van der Waals surface area (Å²) in [6, 6.07) is 13.7. The molecular weight excluding hydrogens is 990 g/mol. The number of alkyl carbamates (subject to hydrolysis) is 2. The summed E-state index contributed by atoms with van der Waals surface area (Å²) in [6.07, 6.45) is 8.82. The smallest absolute Gasteiger partial charge is 0.407 e. The van der Waals surface area contributed by atoms with Gasteiger partial charge in [-0.2, -0.15) is 0 Å². The Hall–Kier alpha value is -6.73. The molecule has 3 saturated heterocycles. The summed E-state index contributed by atoms with van der Waals surface area (Å²) in [5.41, 5.74) is 4.66. The molecule has 76 heavy (non-hydrogen) atoms. The molecule has 404 valence electrons. The summed E-state index contributed by atoms with van der Waals surface area (Å²) >= 11 is 1.73. The number of carbonyl (C=O) groups is 4. The first-order valence-electron chi connectivity index (χ1n) is 27.0. The number of thiophene rings is 1. The number of carbonyl (C=O) groups excluding carboxylic acids is 4. The molecule has 0 bridgehead atoms. The van der Waals surface area contributed by atoms with Crippen molar-refractivity contribution in [2.75, 3.05) is 27.3 Å². The molecule has 0 saturated carbocycles. The van der Waals surface area contributed by atoms with Crippen LogP contribution in [0.15, 0.2) is 60.9 Å². The maximum Gasteiger partial charge on any atom is 0.407 e. The molecule has 0 radical (unpaired) electrons. The number of fused-ring (bicyclic) bond motifs is 5. The first-order chi connectivity index (χ1) is 36.7. The van der Waals surface area contributed by atoms with Crippen molar-refractivity contribution in [2.24, 2.45) is 11.8 Å². The Bertz CT molecular complexity index is 3100. The molecule has 6 aromatic rings. The average Bonchev–Trinajstić information content (AvgIpc) is 4.35. The van der Waals surface area contributed by atoms with E-state index in [9.17, 15) is 19.2 Å². The predicted molar refractivity (Wildman–Crippen MR) is 287 cm³/mol. The highest BCUT2D eigenvalue weighted by molar-refractivity contribution is 7.12. The second kappa shape index (κ2) is 22.1. The zero-order valence-electron chi connectivity index (χ0n) is 44.6. The first kappa shape index (κ1) is 52.7. The van der Waals surface area contributed by atoms with Crippen LogP contribution in [0.5, 0.6) is 5.75 Å². The lowest BCUT2D eigenvalue weighted by molar-refractivity contribution is -0.138. The molecule has 2 aromatic carbocycles. The van der Waals surface area contributed by atoms with E-state index in [0.717, 1.165) is 59.1 Å². The Kier molecular flexibility index (Phi) is 15.3. The molecule has 17 nitrogen and oxygen atoms in total. The molecule has 8 atom stereocenters. The van der Waals surface area contributed by atoms with Crippen LogP contribution in [0, 0.1) is 17.7 Å². The second-order valence-corrected chi connectivity index (χ2v) is 22.5. The van der Waals surface area contributed by atoms with Gasteiger partial charge >= 0.3 is 12.2 Å². The minimum Gasteiger partial charge on any atom is -0.464 e. The van der Waals surface area contributed by atoms with E-state index < -0.39 is 36.3 Å². The fourth-order valence-corrected chi connectivity index (χ4v) is 13.4. The van der Waals surface area contributed by atoms with Crippen molar-refractivity contribution < 1.29 is 42.5 Å². The van der Waals surface area contributed by atoms with Crippen molar-refractivity contribution in [2.45, 2.75) is 148 Å². The van der Waals surface area contributed by atoms with Gasteiger partial charge in [-0.15, -0.1) is 11.3 Å². The number of rotatable bonds is 15. The largest absolute Gasteiger partial charge is 0.464 e. The van der Waals surface area contributed by atoms with E-state index in [-0.39, 0.29) is 47.9 Å². The van der Waals surface area contributed by atoms with Crippen LogP contribution in [0.4, 0.5) is 14.0 Å². The topological polar surface area (TPSA) is 198 Å². The van der Waals surface area contributed by atoms with Crippen molar-refractivity contribution in [1.82, 2.24) is 44.9 Å². The van der Waals surface area contributed by atoms with Crippen molar-refractivity contribution in [3.05, 3.63) is 88.1 Å². The van der Waals surface area contributed by atoms with E-state index in [2.05, 4.69) is 57.2 Å². The number of H-pyrrole nitrogens is 2. The lowest BCUT2D eigenvalue weighted by Gasteiger charge is -2.38. The molecule has 4 aliphatic heterocycles. The molecule has 4 N–H and O–H groups in total. The van der Waals surface area contributed by atoms with E-state index in [1.165, 1.54) is 25.2 Å².